The van der Waals surface area contributed by atoms with Crippen molar-refractivity contribution in [1.29, 1.82) is 0 Å². The van der Waals surface area contributed by atoms with Crippen molar-refractivity contribution in [3.05, 3.63) is 47.2 Å². The molecule has 8 heteroatoms. The summed E-state index contributed by atoms with van der Waals surface area (Å²) in [7, 11) is 0. The Labute approximate surface area is 172 Å². The zero-order valence-electron chi connectivity index (χ0n) is 16.1. The number of anilines is 1. The molecule has 0 saturated carbocycles. The molecule has 0 spiro atoms. The SMILES string of the molecule is CC(C)c1n[nH]c(-c2nc3c(s2)CCOc2ccc(-c4ccc(N)nc4)cc2-3)n1. The summed E-state index contributed by atoms with van der Waals surface area (Å²) in [4.78, 5) is 14.9. The molecule has 1 aliphatic rings. The van der Waals surface area contributed by atoms with Crippen molar-refractivity contribution < 1.29 is 4.74 Å². The van der Waals surface area contributed by atoms with Gasteiger partial charge in [0.25, 0.3) is 0 Å². The molecule has 1 aliphatic heterocycles. The van der Waals surface area contributed by atoms with Gasteiger partial charge in [0.05, 0.1) is 12.3 Å². The van der Waals surface area contributed by atoms with Crippen LogP contribution in [-0.4, -0.2) is 31.8 Å². The first-order chi connectivity index (χ1) is 14.1. The van der Waals surface area contributed by atoms with E-state index in [1.54, 1.807) is 23.6 Å². The first kappa shape index (κ1) is 17.8. The van der Waals surface area contributed by atoms with E-state index >= 15 is 0 Å². The van der Waals surface area contributed by atoms with Crippen LogP contribution in [0.5, 0.6) is 5.75 Å². The Bertz CT molecular complexity index is 1180. The number of thiazole rings is 1. The van der Waals surface area contributed by atoms with Crippen LogP contribution in [0.1, 0.15) is 30.5 Å². The van der Waals surface area contributed by atoms with Gasteiger partial charge in [-0.3, -0.25) is 5.10 Å². The minimum absolute atomic E-state index is 0.267. The van der Waals surface area contributed by atoms with E-state index in [0.29, 0.717) is 18.2 Å². The Balaban J connectivity index is 1.59. The standard InChI is InChI=1S/C21H20N6OS/c1-11(2)19-25-20(27-26-19)21-24-18-14-9-12(13-4-6-17(22)23-10-13)3-5-15(14)28-8-7-16(18)29-21/h3-6,9-11H,7-8H2,1-2H3,(H2,22,23)(H,25,26,27). The van der Waals surface area contributed by atoms with Gasteiger partial charge < -0.3 is 10.5 Å². The number of nitrogens with two attached hydrogens (primary N) is 1. The van der Waals surface area contributed by atoms with Crippen molar-refractivity contribution in [2.45, 2.75) is 26.2 Å². The number of benzene rings is 1. The summed E-state index contributed by atoms with van der Waals surface area (Å²) < 4.78 is 5.98. The van der Waals surface area contributed by atoms with Crippen LogP contribution >= 0.6 is 11.3 Å². The maximum atomic E-state index is 5.98. The molecule has 4 heterocycles. The van der Waals surface area contributed by atoms with Crippen LogP contribution < -0.4 is 10.5 Å². The molecular formula is C21H20N6OS. The van der Waals surface area contributed by atoms with Gasteiger partial charge in [0.2, 0.25) is 0 Å². The third-order valence-corrected chi connectivity index (χ3v) is 5.98. The quantitative estimate of drug-likeness (QED) is 0.528. The van der Waals surface area contributed by atoms with Crippen molar-refractivity contribution in [2.24, 2.45) is 0 Å². The lowest BCUT2D eigenvalue weighted by Crippen LogP contribution is -1.97. The number of ether oxygens (including phenoxy) is 1. The second kappa shape index (κ2) is 6.97. The van der Waals surface area contributed by atoms with Crippen LogP contribution in [0.15, 0.2) is 36.5 Å². The number of nitrogens with one attached hydrogen (secondary N) is 1. The normalized spacial score (nSPS) is 12.9. The van der Waals surface area contributed by atoms with Crippen LogP contribution in [0.4, 0.5) is 5.82 Å². The molecule has 29 heavy (non-hydrogen) atoms. The minimum Gasteiger partial charge on any atom is -0.493 e. The topological polar surface area (TPSA) is 103 Å². The van der Waals surface area contributed by atoms with E-state index in [4.69, 9.17) is 15.5 Å². The van der Waals surface area contributed by atoms with E-state index in [1.165, 1.54) is 4.88 Å². The van der Waals surface area contributed by atoms with Gasteiger partial charge in [-0.1, -0.05) is 19.9 Å². The number of aromatic amines is 1. The predicted molar refractivity (Wildman–Crippen MR) is 114 cm³/mol. The zero-order chi connectivity index (χ0) is 20.0. The average molecular weight is 404 g/mol. The highest BCUT2D eigenvalue weighted by Crippen LogP contribution is 2.41. The molecule has 7 nitrogen and oxygen atoms in total. The average Bonchev–Trinajstić information content (AvgIpc) is 3.33. The maximum absolute atomic E-state index is 5.98. The molecule has 0 aliphatic carbocycles. The van der Waals surface area contributed by atoms with Crippen LogP contribution in [0.2, 0.25) is 0 Å². The third kappa shape index (κ3) is 3.25. The molecule has 3 aromatic heterocycles. The second-order valence-electron chi connectivity index (χ2n) is 7.27. The van der Waals surface area contributed by atoms with Gasteiger partial charge in [0.1, 0.15) is 11.6 Å². The number of pyridine rings is 1. The molecule has 0 bridgehead atoms. The Morgan fingerprint density at radius 2 is 2.00 bits per heavy atom. The third-order valence-electron chi connectivity index (χ3n) is 4.86. The van der Waals surface area contributed by atoms with Gasteiger partial charge >= 0.3 is 0 Å². The highest BCUT2D eigenvalue weighted by atomic mass is 32.1. The lowest BCUT2D eigenvalue weighted by molar-refractivity contribution is 0.327. The largest absolute Gasteiger partial charge is 0.493 e. The van der Waals surface area contributed by atoms with E-state index in [1.807, 2.05) is 18.2 Å². The predicted octanol–water partition coefficient (Wildman–Crippen LogP) is 4.30. The summed E-state index contributed by atoms with van der Waals surface area (Å²) in [6.45, 7) is 4.77. The Kier molecular flexibility index (Phi) is 4.28. The summed E-state index contributed by atoms with van der Waals surface area (Å²) in [5.41, 5.74) is 9.70. The van der Waals surface area contributed by atoms with Crippen molar-refractivity contribution >= 4 is 17.2 Å². The molecule has 1 aromatic carbocycles. The number of hydrogen-bond acceptors (Lipinski definition) is 7. The van der Waals surface area contributed by atoms with Gasteiger partial charge in [-0.05, 0) is 29.8 Å². The molecule has 0 unspecified atom stereocenters. The number of aromatic nitrogens is 5. The van der Waals surface area contributed by atoms with Crippen molar-refractivity contribution in [3.8, 4) is 39.0 Å². The number of rotatable bonds is 3. The van der Waals surface area contributed by atoms with Gasteiger partial charge in [-0.2, -0.15) is 5.10 Å². The summed E-state index contributed by atoms with van der Waals surface area (Å²) in [6, 6.07) is 9.92. The Morgan fingerprint density at radius 3 is 2.76 bits per heavy atom. The summed E-state index contributed by atoms with van der Waals surface area (Å²) in [6.07, 6.45) is 2.59. The number of nitrogens with zero attached hydrogens (tertiary/aromatic N) is 4. The summed E-state index contributed by atoms with van der Waals surface area (Å²) in [5.74, 6) is 3.13. The van der Waals surface area contributed by atoms with Gasteiger partial charge in [0.15, 0.2) is 16.7 Å². The molecule has 0 atom stereocenters. The lowest BCUT2D eigenvalue weighted by atomic mass is 10.0. The molecule has 5 rings (SSSR count). The number of hydrogen-bond donors (Lipinski definition) is 2. The molecule has 0 fully saturated rings. The van der Waals surface area contributed by atoms with E-state index in [0.717, 1.165) is 45.4 Å². The highest BCUT2D eigenvalue weighted by Gasteiger charge is 2.23. The number of fused-ring (bicyclic) bond motifs is 3. The first-order valence-corrected chi connectivity index (χ1v) is 10.3. The van der Waals surface area contributed by atoms with E-state index in [9.17, 15) is 0 Å². The van der Waals surface area contributed by atoms with Crippen LogP contribution in [0.3, 0.4) is 0 Å². The summed E-state index contributed by atoms with van der Waals surface area (Å²) >= 11 is 1.64. The fourth-order valence-electron chi connectivity index (χ4n) is 3.31. The first-order valence-electron chi connectivity index (χ1n) is 9.50. The minimum atomic E-state index is 0.267. The Hall–Kier alpha value is -3.26. The van der Waals surface area contributed by atoms with Crippen LogP contribution in [0.25, 0.3) is 33.2 Å². The highest BCUT2D eigenvalue weighted by molar-refractivity contribution is 7.15. The number of nitrogen functional groups attached to an aromatic ring is 1. The van der Waals surface area contributed by atoms with Gasteiger partial charge in [-0.25, -0.2) is 15.0 Å². The fraction of sp³-hybridized carbons (Fsp3) is 0.238. The van der Waals surface area contributed by atoms with E-state index in [-0.39, 0.29) is 5.92 Å². The lowest BCUT2D eigenvalue weighted by Gasteiger charge is -2.09. The molecule has 0 radical (unpaired) electrons. The smallest absolute Gasteiger partial charge is 0.184 e. The Morgan fingerprint density at radius 1 is 1.14 bits per heavy atom. The molecule has 146 valence electrons. The van der Waals surface area contributed by atoms with Crippen LogP contribution in [0, 0.1) is 0 Å². The van der Waals surface area contributed by atoms with Crippen molar-refractivity contribution in [2.75, 3.05) is 12.3 Å². The summed E-state index contributed by atoms with van der Waals surface area (Å²) in [5, 5.41) is 8.19. The van der Waals surface area contributed by atoms with Crippen LogP contribution in [-0.2, 0) is 6.42 Å². The van der Waals surface area contributed by atoms with Crippen molar-refractivity contribution in [1.82, 2.24) is 25.1 Å². The molecular weight excluding hydrogens is 384 g/mol. The monoisotopic (exact) mass is 404 g/mol. The van der Waals surface area contributed by atoms with Crippen molar-refractivity contribution in [3.63, 3.8) is 0 Å². The van der Waals surface area contributed by atoms with E-state index in [2.05, 4.69) is 40.1 Å². The van der Waals surface area contributed by atoms with Gasteiger partial charge in [0, 0.05) is 34.5 Å². The zero-order valence-corrected chi connectivity index (χ0v) is 17.0. The second-order valence-corrected chi connectivity index (χ2v) is 8.35. The molecule has 4 aromatic rings. The maximum Gasteiger partial charge on any atom is 0.184 e. The molecule has 3 N–H and O–H groups in total. The molecule has 0 amide bonds. The van der Waals surface area contributed by atoms with E-state index < -0.39 is 0 Å². The van der Waals surface area contributed by atoms with Gasteiger partial charge in [-0.15, -0.1) is 11.3 Å². The number of H-pyrrole nitrogens is 1. The molecule has 0 saturated heterocycles. The fourth-order valence-corrected chi connectivity index (χ4v) is 4.31.